The fourth-order valence-corrected chi connectivity index (χ4v) is 3.66. The molecular weight excluding hydrogens is 350 g/mol. The summed E-state index contributed by atoms with van der Waals surface area (Å²) in [6, 6.07) is 13.9. The predicted molar refractivity (Wildman–Crippen MR) is 107 cm³/mol. The molecule has 0 bridgehead atoms. The number of rotatable bonds is 4. The number of benzene rings is 2. The molecule has 0 fully saturated rings. The second-order valence-electron chi connectivity index (χ2n) is 7.20. The van der Waals surface area contributed by atoms with E-state index < -0.39 is 0 Å². The second-order valence-corrected chi connectivity index (χ2v) is 7.20. The molecule has 1 aliphatic heterocycles. The van der Waals surface area contributed by atoms with E-state index in [-0.39, 0.29) is 12.2 Å². The molecule has 0 amide bonds. The second kappa shape index (κ2) is 6.65. The lowest BCUT2D eigenvalue weighted by molar-refractivity contribution is 0.0991. The molecule has 0 aliphatic carbocycles. The Bertz CT molecular complexity index is 1210. The van der Waals surface area contributed by atoms with Gasteiger partial charge in [0, 0.05) is 42.8 Å². The summed E-state index contributed by atoms with van der Waals surface area (Å²) in [5.41, 5.74) is 6.81. The molecule has 0 saturated heterocycles. The first-order chi connectivity index (χ1) is 13.7. The fraction of sp³-hybridized carbons (Fsp3) is 0.182. The van der Waals surface area contributed by atoms with E-state index in [1.165, 1.54) is 11.1 Å². The maximum Gasteiger partial charge on any atom is 0.168 e. The van der Waals surface area contributed by atoms with Crippen molar-refractivity contribution in [1.82, 2.24) is 25.3 Å². The summed E-state index contributed by atoms with van der Waals surface area (Å²) in [6.45, 7) is 1.70. The van der Waals surface area contributed by atoms with Gasteiger partial charge in [-0.1, -0.05) is 18.2 Å². The summed E-state index contributed by atoms with van der Waals surface area (Å²) in [5.74, 6) is 0.0618. The van der Waals surface area contributed by atoms with Crippen LogP contribution in [0, 0.1) is 0 Å². The van der Waals surface area contributed by atoms with Crippen LogP contribution in [-0.2, 0) is 26.6 Å². The number of fused-ring (bicyclic) bond motifs is 2. The number of hydrogen-bond acceptors (Lipinski definition) is 5. The normalized spacial score (nSPS) is 13.0. The lowest BCUT2D eigenvalue weighted by Crippen LogP contribution is -2.07. The number of aryl methyl sites for hydroxylation is 1. The first-order valence-corrected chi connectivity index (χ1v) is 9.27. The number of carbonyl (C=O) groups excluding carboxylic acids is 1. The van der Waals surface area contributed by atoms with Crippen molar-refractivity contribution in [3.8, 4) is 11.1 Å². The summed E-state index contributed by atoms with van der Waals surface area (Å²) in [4.78, 5) is 12.7. The maximum atomic E-state index is 12.7. The maximum absolute atomic E-state index is 12.7. The number of hydrogen-bond donors (Lipinski definition) is 1. The zero-order valence-corrected chi connectivity index (χ0v) is 15.5. The lowest BCUT2D eigenvalue weighted by Gasteiger charge is -2.05. The van der Waals surface area contributed by atoms with Gasteiger partial charge in [0.05, 0.1) is 23.8 Å². The molecule has 1 N–H and O–H groups in total. The summed E-state index contributed by atoms with van der Waals surface area (Å²) < 4.78 is 1.78. The van der Waals surface area contributed by atoms with Crippen LogP contribution in [0.4, 0.5) is 0 Å². The van der Waals surface area contributed by atoms with E-state index in [0.29, 0.717) is 5.69 Å². The van der Waals surface area contributed by atoms with Crippen LogP contribution in [-0.4, -0.2) is 25.8 Å². The van der Waals surface area contributed by atoms with Gasteiger partial charge in [0.1, 0.15) is 0 Å². The van der Waals surface area contributed by atoms with Crippen molar-refractivity contribution in [2.75, 3.05) is 0 Å². The van der Waals surface area contributed by atoms with Crippen molar-refractivity contribution in [2.45, 2.75) is 19.5 Å². The smallest absolute Gasteiger partial charge is 0.168 e. The molecule has 0 spiro atoms. The molecule has 4 aromatic rings. The fourth-order valence-electron chi connectivity index (χ4n) is 3.66. The summed E-state index contributed by atoms with van der Waals surface area (Å²) in [6.07, 6.45) is 4.05. The summed E-state index contributed by atoms with van der Waals surface area (Å²) >= 11 is 0. The van der Waals surface area contributed by atoms with Crippen molar-refractivity contribution in [3.05, 3.63) is 77.2 Å². The van der Waals surface area contributed by atoms with Crippen LogP contribution in [0.1, 0.15) is 27.2 Å². The SMILES string of the molecule is Cn1cc(-c2ccc3nnc(CC(=O)c4ccc5c(c4)CNC5)cc3c2)cn1. The summed E-state index contributed by atoms with van der Waals surface area (Å²) in [7, 11) is 1.90. The van der Waals surface area contributed by atoms with Crippen molar-refractivity contribution < 1.29 is 4.79 Å². The number of ketones is 1. The van der Waals surface area contributed by atoms with Gasteiger partial charge in [-0.2, -0.15) is 15.3 Å². The Labute approximate surface area is 162 Å². The van der Waals surface area contributed by atoms with Crippen molar-refractivity contribution >= 4 is 16.7 Å². The Morgan fingerprint density at radius 1 is 1.04 bits per heavy atom. The van der Waals surface area contributed by atoms with Gasteiger partial charge in [-0.3, -0.25) is 9.48 Å². The Balaban J connectivity index is 1.43. The van der Waals surface area contributed by atoms with Crippen LogP contribution in [0.3, 0.4) is 0 Å². The van der Waals surface area contributed by atoms with Crippen LogP contribution in [0.15, 0.2) is 54.9 Å². The molecule has 2 aromatic carbocycles. The zero-order chi connectivity index (χ0) is 19.1. The standard InChI is InChI=1S/C22H19N5O/c1-27-13-19(12-24-27)14-4-5-21-17(6-14)8-20(25-26-21)9-22(28)15-2-3-16-10-23-11-18(16)7-15/h2-8,12-13,23H,9-11H2,1H3. The molecule has 28 heavy (non-hydrogen) atoms. The van der Waals surface area contributed by atoms with Gasteiger partial charge in [0.2, 0.25) is 0 Å². The van der Waals surface area contributed by atoms with Gasteiger partial charge in [-0.05, 0) is 41.0 Å². The Morgan fingerprint density at radius 3 is 2.79 bits per heavy atom. The molecule has 5 rings (SSSR count). The highest BCUT2D eigenvalue weighted by atomic mass is 16.1. The molecule has 0 atom stereocenters. The molecule has 6 heteroatoms. The summed E-state index contributed by atoms with van der Waals surface area (Å²) in [5, 5.41) is 17.0. The third-order valence-corrected chi connectivity index (χ3v) is 5.17. The van der Waals surface area contributed by atoms with Gasteiger partial charge >= 0.3 is 0 Å². The number of nitrogens with one attached hydrogen (secondary N) is 1. The van der Waals surface area contributed by atoms with Crippen LogP contribution in [0.5, 0.6) is 0 Å². The molecule has 1 aliphatic rings. The molecule has 3 heterocycles. The van der Waals surface area contributed by atoms with E-state index in [0.717, 1.165) is 40.7 Å². The zero-order valence-electron chi connectivity index (χ0n) is 15.5. The molecule has 0 radical (unpaired) electrons. The minimum Gasteiger partial charge on any atom is -0.309 e. The van der Waals surface area contributed by atoms with E-state index >= 15 is 0 Å². The van der Waals surface area contributed by atoms with E-state index in [1.807, 2.05) is 55.8 Å². The number of Topliss-reactive ketones (excluding diaryl/α,β-unsaturated/α-hetero) is 1. The van der Waals surface area contributed by atoms with E-state index in [4.69, 9.17) is 0 Å². The molecule has 2 aromatic heterocycles. The van der Waals surface area contributed by atoms with Gasteiger partial charge in [0.25, 0.3) is 0 Å². The third-order valence-electron chi connectivity index (χ3n) is 5.17. The third kappa shape index (κ3) is 3.08. The molecule has 0 unspecified atom stereocenters. The van der Waals surface area contributed by atoms with Crippen molar-refractivity contribution in [1.29, 1.82) is 0 Å². The highest BCUT2D eigenvalue weighted by Crippen LogP contribution is 2.24. The number of aromatic nitrogens is 4. The monoisotopic (exact) mass is 369 g/mol. The highest BCUT2D eigenvalue weighted by Gasteiger charge is 2.15. The average molecular weight is 369 g/mol. The van der Waals surface area contributed by atoms with Crippen LogP contribution in [0.25, 0.3) is 22.0 Å². The van der Waals surface area contributed by atoms with E-state index in [2.05, 4.69) is 26.7 Å². The van der Waals surface area contributed by atoms with Gasteiger partial charge in [-0.25, -0.2) is 0 Å². The largest absolute Gasteiger partial charge is 0.309 e. The number of carbonyl (C=O) groups is 1. The van der Waals surface area contributed by atoms with E-state index in [1.54, 1.807) is 4.68 Å². The van der Waals surface area contributed by atoms with E-state index in [9.17, 15) is 4.79 Å². The minimum absolute atomic E-state index is 0.0618. The predicted octanol–water partition coefficient (Wildman–Crippen LogP) is 3.06. The molecular formula is C22H19N5O. The van der Waals surface area contributed by atoms with Crippen molar-refractivity contribution in [3.63, 3.8) is 0 Å². The van der Waals surface area contributed by atoms with Gasteiger partial charge in [0.15, 0.2) is 5.78 Å². The van der Waals surface area contributed by atoms with Gasteiger partial charge < -0.3 is 5.32 Å². The molecule has 0 saturated carbocycles. The quantitative estimate of drug-likeness (QED) is 0.560. The highest BCUT2D eigenvalue weighted by molar-refractivity contribution is 5.98. The number of nitrogens with zero attached hydrogens (tertiary/aromatic N) is 4. The average Bonchev–Trinajstić information content (AvgIpc) is 3.35. The van der Waals surface area contributed by atoms with Crippen LogP contribution in [0.2, 0.25) is 0 Å². The Morgan fingerprint density at radius 2 is 1.93 bits per heavy atom. The topological polar surface area (TPSA) is 72.7 Å². The van der Waals surface area contributed by atoms with Crippen molar-refractivity contribution in [2.24, 2.45) is 7.05 Å². The lowest BCUT2D eigenvalue weighted by atomic mass is 10.0. The Kier molecular flexibility index (Phi) is 3.98. The first-order valence-electron chi connectivity index (χ1n) is 9.27. The molecule has 6 nitrogen and oxygen atoms in total. The first kappa shape index (κ1) is 16.8. The van der Waals surface area contributed by atoms with Crippen LogP contribution >= 0.6 is 0 Å². The Hall–Kier alpha value is -3.38. The minimum atomic E-state index is 0.0618. The van der Waals surface area contributed by atoms with Gasteiger partial charge in [-0.15, -0.1) is 0 Å². The molecule has 138 valence electrons. The van der Waals surface area contributed by atoms with Crippen LogP contribution < -0.4 is 5.32 Å².